The molecule has 25 heavy (non-hydrogen) atoms. The second-order valence-electron chi connectivity index (χ2n) is 5.67. The van der Waals surface area contributed by atoms with Crippen LogP contribution in [-0.2, 0) is 21.0 Å². The van der Waals surface area contributed by atoms with Crippen LogP contribution in [-0.4, -0.2) is 65.8 Å². The van der Waals surface area contributed by atoms with Crippen molar-refractivity contribution in [3.05, 3.63) is 29.8 Å². The zero-order valence-corrected chi connectivity index (χ0v) is 17.7. The Morgan fingerprint density at radius 1 is 1.32 bits per heavy atom. The van der Waals surface area contributed by atoms with Crippen molar-refractivity contribution in [2.24, 2.45) is 4.99 Å². The van der Waals surface area contributed by atoms with E-state index in [2.05, 4.69) is 21.7 Å². The molecule has 1 atom stereocenters. The molecule has 2 rings (SSSR count). The summed E-state index contributed by atoms with van der Waals surface area (Å²) in [6, 6.07) is 8.05. The topological polar surface area (TPSA) is 89.0 Å². The summed E-state index contributed by atoms with van der Waals surface area (Å²) in [5, 5.41) is 6.34. The van der Waals surface area contributed by atoms with Gasteiger partial charge in [-0.25, -0.2) is 8.42 Å². The molecule has 0 radical (unpaired) electrons. The van der Waals surface area contributed by atoms with E-state index in [9.17, 15) is 8.42 Å². The number of guanidine groups is 1. The van der Waals surface area contributed by atoms with Crippen molar-refractivity contribution in [3.63, 3.8) is 0 Å². The Balaban J connectivity index is 0.00000312. The van der Waals surface area contributed by atoms with Crippen LogP contribution in [0.4, 0.5) is 0 Å². The van der Waals surface area contributed by atoms with Crippen LogP contribution in [0.15, 0.2) is 29.3 Å². The number of para-hydroxylation sites is 1. The minimum absolute atomic E-state index is 0. The van der Waals surface area contributed by atoms with Crippen LogP contribution in [0.1, 0.15) is 5.56 Å². The Labute approximate surface area is 166 Å². The number of ether oxygens (including phenoxy) is 2. The highest BCUT2D eigenvalue weighted by atomic mass is 127. The van der Waals surface area contributed by atoms with Gasteiger partial charge in [0.1, 0.15) is 21.7 Å². The summed E-state index contributed by atoms with van der Waals surface area (Å²) in [5.41, 5.74) is 1.23. The first-order chi connectivity index (χ1) is 11.5. The standard InChI is InChI=1S/C16H25N3O4S.HI/c1-17-16(18-7-8-22-9-10-24(2,20)21)19-12-14-11-13-5-3-4-6-15(13)23-14;/h3-6,14H,7-12H2,1-2H3,(H2,17,18,19);1H. The lowest BCUT2D eigenvalue weighted by molar-refractivity contribution is 0.154. The molecule has 0 amide bonds. The first kappa shape index (κ1) is 22.0. The molecule has 0 aliphatic carbocycles. The average molecular weight is 483 g/mol. The fraction of sp³-hybridized carbons (Fsp3) is 0.562. The van der Waals surface area contributed by atoms with E-state index in [0.29, 0.717) is 25.7 Å². The Morgan fingerprint density at radius 3 is 2.76 bits per heavy atom. The lowest BCUT2D eigenvalue weighted by Crippen LogP contribution is -2.43. The van der Waals surface area contributed by atoms with Gasteiger partial charge >= 0.3 is 0 Å². The molecule has 1 aromatic carbocycles. The third-order valence-corrected chi connectivity index (χ3v) is 4.48. The Kier molecular flexibility index (Phi) is 9.51. The van der Waals surface area contributed by atoms with Gasteiger partial charge in [-0.1, -0.05) is 18.2 Å². The van der Waals surface area contributed by atoms with Crippen LogP contribution in [0.5, 0.6) is 5.75 Å². The van der Waals surface area contributed by atoms with Crippen molar-refractivity contribution in [2.75, 3.05) is 45.4 Å². The minimum Gasteiger partial charge on any atom is -0.488 e. The van der Waals surface area contributed by atoms with Crippen molar-refractivity contribution in [1.29, 1.82) is 0 Å². The summed E-state index contributed by atoms with van der Waals surface area (Å²) in [5.74, 6) is 1.66. The molecule has 7 nitrogen and oxygen atoms in total. The number of nitrogens with one attached hydrogen (secondary N) is 2. The fourth-order valence-corrected chi connectivity index (χ4v) is 2.77. The summed E-state index contributed by atoms with van der Waals surface area (Å²) >= 11 is 0. The normalized spacial score (nSPS) is 16.6. The maximum absolute atomic E-state index is 11.0. The molecule has 1 aliphatic heterocycles. The molecule has 1 heterocycles. The highest BCUT2D eigenvalue weighted by Gasteiger charge is 2.22. The number of aliphatic imine (C=N–C) groups is 1. The molecular weight excluding hydrogens is 457 g/mol. The smallest absolute Gasteiger partial charge is 0.191 e. The highest BCUT2D eigenvalue weighted by molar-refractivity contribution is 14.0. The maximum atomic E-state index is 11.0. The van der Waals surface area contributed by atoms with Crippen LogP contribution < -0.4 is 15.4 Å². The third kappa shape index (κ3) is 8.23. The van der Waals surface area contributed by atoms with Crippen LogP contribution in [0.25, 0.3) is 0 Å². The number of fused-ring (bicyclic) bond motifs is 1. The van der Waals surface area contributed by atoms with Gasteiger partial charge in [0.05, 0.1) is 25.5 Å². The van der Waals surface area contributed by atoms with E-state index in [4.69, 9.17) is 9.47 Å². The van der Waals surface area contributed by atoms with E-state index in [0.717, 1.165) is 12.2 Å². The number of nitrogens with zero attached hydrogens (tertiary/aromatic N) is 1. The lowest BCUT2D eigenvalue weighted by atomic mass is 10.1. The van der Waals surface area contributed by atoms with Gasteiger partial charge < -0.3 is 20.1 Å². The Hall–Kier alpha value is -1.07. The quantitative estimate of drug-likeness (QED) is 0.247. The number of hydrogen-bond donors (Lipinski definition) is 2. The van der Waals surface area contributed by atoms with E-state index < -0.39 is 9.84 Å². The van der Waals surface area contributed by atoms with Crippen molar-refractivity contribution in [1.82, 2.24) is 10.6 Å². The van der Waals surface area contributed by atoms with Gasteiger partial charge in [-0.05, 0) is 11.6 Å². The van der Waals surface area contributed by atoms with Gasteiger partial charge in [-0.15, -0.1) is 24.0 Å². The van der Waals surface area contributed by atoms with Crippen molar-refractivity contribution in [2.45, 2.75) is 12.5 Å². The Bertz CT molecular complexity index is 642. The van der Waals surface area contributed by atoms with Crippen LogP contribution in [0, 0.1) is 0 Å². The van der Waals surface area contributed by atoms with Gasteiger partial charge in [-0.2, -0.15) is 0 Å². The number of hydrogen-bond acceptors (Lipinski definition) is 5. The van der Waals surface area contributed by atoms with Gasteiger partial charge in [0.15, 0.2) is 5.96 Å². The maximum Gasteiger partial charge on any atom is 0.191 e. The predicted octanol–water partition coefficient (Wildman–Crippen LogP) is 0.834. The number of halogens is 1. The molecule has 0 saturated carbocycles. The van der Waals surface area contributed by atoms with E-state index in [-0.39, 0.29) is 42.4 Å². The van der Waals surface area contributed by atoms with Gasteiger partial charge in [-0.3, -0.25) is 4.99 Å². The highest BCUT2D eigenvalue weighted by Crippen LogP contribution is 2.27. The zero-order valence-electron chi connectivity index (χ0n) is 14.5. The van der Waals surface area contributed by atoms with E-state index >= 15 is 0 Å². The third-order valence-electron chi connectivity index (χ3n) is 3.57. The SMILES string of the molecule is CN=C(NCCOCCS(C)(=O)=O)NCC1Cc2ccccc2O1.I. The minimum atomic E-state index is -2.97. The summed E-state index contributed by atoms with van der Waals surface area (Å²) in [4.78, 5) is 4.14. The molecule has 0 aromatic heterocycles. The molecule has 2 N–H and O–H groups in total. The second-order valence-corrected chi connectivity index (χ2v) is 7.93. The molecule has 1 unspecified atom stereocenters. The summed E-state index contributed by atoms with van der Waals surface area (Å²) in [7, 11) is -1.27. The van der Waals surface area contributed by atoms with Crippen molar-refractivity contribution >= 4 is 39.8 Å². The van der Waals surface area contributed by atoms with Gasteiger partial charge in [0, 0.05) is 26.3 Å². The van der Waals surface area contributed by atoms with E-state index in [1.165, 1.54) is 11.8 Å². The molecule has 1 aliphatic rings. The van der Waals surface area contributed by atoms with Crippen molar-refractivity contribution in [3.8, 4) is 5.75 Å². The van der Waals surface area contributed by atoms with E-state index in [1.807, 2.05) is 18.2 Å². The van der Waals surface area contributed by atoms with Gasteiger partial charge in [0.25, 0.3) is 0 Å². The molecule has 0 saturated heterocycles. The first-order valence-corrected chi connectivity index (χ1v) is 9.98. The monoisotopic (exact) mass is 483 g/mol. The largest absolute Gasteiger partial charge is 0.488 e. The molecule has 1 aromatic rings. The molecule has 0 spiro atoms. The van der Waals surface area contributed by atoms with Crippen LogP contribution in [0.3, 0.4) is 0 Å². The molecule has 9 heteroatoms. The average Bonchev–Trinajstić information content (AvgIpc) is 2.95. The lowest BCUT2D eigenvalue weighted by Gasteiger charge is -2.15. The predicted molar refractivity (Wildman–Crippen MR) is 110 cm³/mol. The van der Waals surface area contributed by atoms with Gasteiger partial charge in [0.2, 0.25) is 0 Å². The Morgan fingerprint density at radius 2 is 2.08 bits per heavy atom. The van der Waals surface area contributed by atoms with Crippen LogP contribution >= 0.6 is 24.0 Å². The van der Waals surface area contributed by atoms with E-state index in [1.54, 1.807) is 7.05 Å². The number of rotatable bonds is 8. The second kappa shape index (κ2) is 10.8. The fourth-order valence-electron chi connectivity index (χ4n) is 2.35. The van der Waals surface area contributed by atoms with Crippen LogP contribution in [0.2, 0.25) is 0 Å². The number of benzene rings is 1. The zero-order chi connectivity index (χ0) is 17.4. The molecule has 142 valence electrons. The number of sulfone groups is 1. The van der Waals surface area contributed by atoms with Crippen molar-refractivity contribution < 1.29 is 17.9 Å². The summed E-state index contributed by atoms with van der Waals surface area (Å²) in [6.07, 6.45) is 2.17. The first-order valence-electron chi connectivity index (χ1n) is 7.92. The molecule has 0 bridgehead atoms. The molecule has 0 fully saturated rings. The molecular formula is C16H26IN3O4S. The summed E-state index contributed by atoms with van der Waals surface area (Å²) < 4.78 is 33.1. The summed E-state index contributed by atoms with van der Waals surface area (Å²) in [6.45, 7) is 1.83.